The third-order valence-electron chi connectivity index (χ3n) is 3.94. The second kappa shape index (κ2) is 5.60. The Labute approximate surface area is 127 Å². The van der Waals surface area contributed by atoms with Crippen molar-refractivity contribution in [2.45, 2.75) is 32.2 Å². The van der Waals surface area contributed by atoms with Gasteiger partial charge in [0.2, 0.25) is 0 Å². The molecule has 1 unspecified atom stereocenters. The van der Waals surface area contributed by atoms with Gasteiger partial charge in [-0.25, -0.2) is 4.79 Å². The Morgan fingerprint density at radius 1 is 1.50 bits per heavy atom. The standard InChI is InChI=1S/C16H18BrNO2/c1-2-20-16(19)14-7-6-13(17)10-12-5-3-4-11-8-9-18(14)15(11)12/h4,6-7,10,14H,2-3,5,8-9H2,1H3. The van der Waals surface area contributed by atoms with E-state index in [1.807, 2.05) is 19.1 Å². The highest BCUT2D eigenvalue weighted by atomic mass is 79.9. The molecule has 0 aromatic rings. The van der Waals surface area contributed by atoms with E-state index >= 15 is 0 Å². The number of carbonyl (C=O) groups is 1. The molecule has 20 heavy (non-hydrogen) atoms. The summed E-state index contributed by atoms with van der Waals surface area (Å²) in [5.41, 5.74) is 3.95. The van der Waals surface area contributed by atoms with Crippen molar-refractivity contribution < 1.29 is 9.53 Å². The Bertz CT molecular complexity index is 557. The predicted molar refractivity (Wildman–Crippen MR) is 82.2 cm³/mol. The van der Waals surface area contributed by atoms with E-state index in [0.717, 1.165) is 30.3 Å². The number of allylic oxidation sites excluding steroid dienone is 6. The minimum Gasteiger partial charge on any atom is -0.464 e. The minimum absolute atomic E-state index is 0.162. The Morgan fingerprint density at radius 3 is 3.15 bits per heavy atom. The molecule has 0 N–H and O–H groups in total. The number of halogens is 1. The molecular formula is C16H18BrNO2. The molecule has 0 radical (unpaired) electrons. The van der Waals surface area contributed by atoms with Gasteiger partial charge in [-0.15, -0.1) is 0 Å². The largest absolute Gasteiger partial charge is 0.464 e. The first kappa shape index (κ1) is 13.7. The molecule has 0 aromatic carbocycles. The van der Waals surface area contributed by atoms with Gasteiger partial charge in [-0.1, -0.05) is 22.0 Å². The fourth-order valence-electron chi connectivity index (χ4n) is 3.12. The van der Waals surface area contributed by atoms with Crippen LogP contribution >= 0.6 is 15.9 Å². The van der Waals surface area contributed by atoms with Gasteiger partial charge in [0.25, 0.3) is 0 Å². The summed E-state index contributed by atoms with van der Waals surface area (Å²) in [7, 11) is 0. The molecule has 4 heteroatoms. The molecule has 1 saturated heterocycles. The van der Waals surface area contributed by atoms with Crippen molar-refractivity contribution in [1.29, 1.82) is 0 Å². The van der Waals surface area contributed by atoms with Crippen molar-refractivity contribution in [3.8, 4) is 0 Å². The second-order valence-corrected chi connectivity index (χ2v) is 6.09. The number of nitrogens with zero attached hydrogens (tertiary/aromatic N) is 1. The van der Waals surface area contributed by atoms with Gasteiger partial charge in [-0.3, -0.25) is 0 Å². The van der Waals surface area contributed by atoms with Gasteiger partial charge in [0.05, 0.1) is 6.61 Å². The van der Waals surface area contributed by atoms with Crippen LogP contribution < -0.4 is 0 Å². The molecule has 1 aliphatic carbocycles. The highest BCUT2D eigenvalue weighted by Crippen LogP contribution is 2.39. The highest BCUT2D eigenvalue weighted by Gasteiger charge is 2.35. The van der Waals surface area contributed by atoms with Gasteiger partial charge >= 0.3 is 5.97 Å². The van der Waals surface area contributed by atoms with Crippen LogP contribution in [-0.4, -0.2) is 30.1 Å². The zero-order valence-electron chi connectivity index (χ0n) is 11.6. The maximum absolute atomic E-state index is 12.2. The third kappa shape index (κ3) is 2.37. The lowest BCUT2D eigenvalue weighted by Gasteiger charge is -2.30. The van der Waals surface area contributed by atoms with E-state index in [1.165, 1.54) is 16.8 Å². The van der Waals surface area contributed by atoms with E-state index in [4.69, 9.17) is 4.74 Å². The average Bonchev–Trinajstić information content (AvgIpc) is 2.82. The molecule has 3 aliphatic rings. The third-order valence-corrected chi connectivity index (χ3v) is 4.43. The van der Waals surface area contributed by atoms with Crippen LogP contribution in [0.5, 0.6) is 0 Å². The maximum Gasteiger partial charge on any atom is 0.332 e. The van der Waals surface area contributed by atoms with Crippen LogP contribution in [0.15, 0.2) is 45.6 Å². The number of rotatable bonds is 2. The summed E-state index contributed by atoms with van der Waals surface area (Å²) in [4.78, 5) is 14.4. The van der Waals surface area contributed by atoms with Crippen LogP contribution in [0, 0.1) is 0 Å². The molecule has 3 nitrogen and oxygen atoms in total. The molecule has 0 bridgehead atoms. The smallest absolute Gasteiger partial charge is 0.332 e. The molecule has 2 aliphatic heterocycles. The molecule has 1 fully saturated rings. The number of esters is 1. The Kier molecular flexibility index (Phi) is 3.83. The summed E-state index contributed by atoms with van der Waals surface area (Å²) in [6.07, 6.45) is 11.5. The van der Waals surface area contributed by atoms with Crippen LogP contribution in [0.25, 0.3) is 0 Å². The molecule has 0 amide bonds. The van der Waals surface area contributed by atoms with E-state index in [-0.39, 0.29) is 12.0 Å². The summed E-state index contributed by atoms with van der Waals surface area (Å²) >= 11 is 3.56. The van der Waals surface area contributed by atoms with Gasteiger partial charge in [0.1, 0.15) is 6.04 Å². The molecule has 106 valence electrons. The van der Waals surface area contributed by atoms with Gasteiger partial charge < -0.3 is 9.64 Å². The Hall–Kier alpha value is -1.29. The molecule has 3 rings (SSSR count). The average molecular weight is 336 g/mol. The summed E-state index contributed by atoms with van der Waals surface area (Å²) < 4.78 is 6.25. The van der Waals surface area contributed by atoms with Crippen LogP contribution in [0.3, 0.4) is 0 Å². The molecule has 0 saturated carbocycles. The number of carbonyl (C=O) groups excluding carboxylic acids is 1. The lowest BCUT2D eigenvalue weighted by Crippen LogP contribution is -2.39. The summed E-state index contributed by atoms with van der Waals surface area (Å²) in [5.74, 6) is -0.162. The number of hydrogen-bond acceptors (Lipinski definition) is 3. The predicted octanol–water partition coefficient (Wildman–Crippen LogP) is 3.45. The van der Waals surface area contributed by atoms with E-state index in [9.17, 15) is 4.79 Å². The van der Waals surface area contributed by atoms with Crippen molar-refractivity contribution in [3.05, 3.63) is 45.6 Å². The van der Waals surface area contributed by atoms with Gasteiger partial charge in [0.15, 0.2) is 0 Å². The van der Waals surface area contributed by atoms with E-state index in [2.05, 4.69) is 33.0 Å². The van der Waals surface area contributed by atoms with E-state index < -0.39 is 0 Å². The number of ether oxygens (including phenoxy) is 1. The molecular weight excluding hydrogens is 318 g/mol. The minimum atomic E-state index is -0.315. The number of hydrogen-bond donors (Lipinski definition) is 0. The Morgan fingerprint density at radius 2 is 2.35 bits per heavy atom. The highest BCUT2D eigenvalue weighted by molar-refractivity contribution is 9.11. The van der Waals surface area contributed by atoms with Crippen molar-refractivity contribution in [2.24, 2.45) is 0 Å². The zero-order valence-corrected chi connectivity index (χ0v) is 13.1. The van der Waals surface area contributed by atoms with Gasteiger partial charge in [-0.05, 0) is 55.6 Å². The first-order valence-electron chi connectivity index (χ1n) is 7.12. The van der Waals surface area contributed by atoms with E-state index in [1.54, 1.807) is 0 Å². The topological polar surface area (TPSA) is 29.5 Å². The van der Waals surface area contributed by atoms with Crippen LogP contribution in [0.2, 0.25) is 0 Å². The molecule has 2 heterocycles. The van der Waals surface area contributed by atoms with Gasteiger partial charge in [0, 0.05) is 16.7 Å². The van der Waals surface area contributed by atoms with Crippen LogP contribution in [0.1, 0.15) is 26.2 Å². The van der Waals surface area contributed by atoms with Crippen LogP contribution in [-0.2, 0) is 9.53 Å². The molecule has 1 atom stereocenters. The summed E-state index contributed by atoms with van der Waals surface area (Å²) in [5, 5.41) is 0. The lowest BCUT2D eigenvalue weighted by atomic mass is 9.94. The van der Waals surface area contributed by atoms with Crippen molar-refractivity contribution in [2.75, 3.05) is 13.2 Å². The van der Waals surface area contributed by atoms with Crippen LogP contribution in [0.4, 0.5) is 0 Å². The lowest BCUT2D eigenvalue weighted by molar-refractivity contribution is -0.146. The maximum atomic E-state index is 12.2. The van der Waals surface area contributed by atoms with Gasteiger partial charge in [-0.2, -0.15) is 0 Å². The normalized spacial score (nSPS) is 24.7. The van der Waals surface area contributed by atoms with Crippen molar-refractivity contribution in [1.82, 2.24) is 4.90 Å². The summed E-state index contributed by atoms with van der Waals surface area (Å²) in [6.45, 7) is 3.16. The quantitative estimate of drug-likeness (QED) is 0.724. The zero-order chi connectivity index (χ0) is 14.1. The van der Waals surface area contributed by atoms with E-state index in [0.29, 0.717) is 6.61 Å². The molecule has 0 aromatic heterocycles. The summed E-state index contributed by atoms with van der Waals surface area (Å²) in [6, 6.07) is -0.315. The monoisotopic (exact) mass is 335 g/mol. The molecule has 0 spiro atoms. The fourth-order valence-corrected chi connectivity index (χ4v) is 3.55. The first-order valence-corrected chi connectivity index (χ1v) is 7.91. The second-order valence-electron chi connectivity index (χ2n) is 5.17. The van der Waals surface area contributed by atoms with Crippen molar-refractivity contribution >= 4 is 21.9 Å². The first-order chi connectivity index (χ1) is 9.70. The fraction of sp³-hybridized carbons (Fsp3) is 0.438. The Balaban J connectivity index is 2.04. The van der Waals surface area contributed by atoms with Crippen molar-refractivity contribution in [3.63, 3.8) is 0 Å². The SMILES string of the molecule is CCOC(=O)C1C=CC(Br)=CC2=C3C(=CCC2)CCN31.